The Morgan fingerprint density at radius 1 is 1.15 bits per heavy atom. The van der Waals surface area contributed by atoms with Gasteiger partial charge >= 0.3 is 0 Å². The van der Waals surface area contributed by atoms with E-state index < -0.39 is 0 Å². The number of rotatable bonds is 5. The lowest BCUT2D eigenvalue weighted by Gasteiger charge is -2.27. The molecule has 0 amide bonds. The number of alkyl halides is 1. The second kappa shape index (κ2) is 7.85. The maximum Gasteiger partial charge on any atom is 0.0991 e. The standard InChI is InChI=1S/C18H22FN/c19-13-3-1-2-4-15-5-9-17(10-6-15)18-11-7-16(14-20)8-12-18/h2,4,7-8,11-12,15,17H,1,3,5-6,9-10,13H2. The SMILES string of the molecule is N#Cc1ccc(C2CCC(C=CCCCF)CC2)cc1. The molecule has 1 nitrogen and oxygen atoms in total. The number of unbranched alkanes of at least 4 members (excludes halogenated alkanes) is 1. The van der Waals surface area contributed by atoms with Gasteiger partial charge in [-0.25, -0.2) is 0 Å². The highest BCUT2D eigenvalue weighted by molar-refractivity contribution is 5.33. The topological polar surface area (TPSA) is 23.8 Å². The van der Waals surface area contributed by atoms with Crippen LogP contribution in [-0.4, -0.2) is 6.67 Å². The minimum Gasteiger partial charge on any atom is -0.251 e. The van der Waals surface area contributed by atoms with Crippen LogP contribution in [0.5, 0.6) is 0 Å². The van der Waals surface area contributed by atoms with Gasteiger partial charge in [0.15, 0.2) is 0 Å². The molecule has 106 valence electrons. The van der Waals surface area contributed by atoms with Crippen LogP contribution in [0.2, 0.25) is 0 Å². The van der Waals surface area contributed by atoms with E-state index in [4.69, 9.17) is 5.26 Å². The van der Waals surface area contributed by atoms with Gasteiger partial charge in [0, 0.05) is 0 Å². The third-order valence-electron chi connectivity index (χ3n) is 4.20. The van der Waals surface area contributed by atoms with E-state index in [1.807, 2.05) is 12.1 Å². The largest absolute Gasteiger partial charge is 0.251 e. The molecule has 0 bridgehead atoms. The lowest BCUT2D eigenvalue weighted by Crippen LogP contribution is -2.11. The highest BCUT2D eigenvalue weighted by atomic mass is 19.1. The molecule has 1 aliphatic rings. The van der Waals surface area contributed by atoms with E-state index in [0.29, 0.717) is 18.3 Å². The van der Waals surface area contributed by atoms with E-state index in [-0.39, 0.29) is 6.67 Å². The summed E-state index contributed by atoms with van der Waals surface area (Å²) in [5.74, 6) is 1.31. The molecule has 0 aromatic heterocycles. The van der Waals surface area contributed by atoms with E-state index >= 15 is 0 Å². The number of nitrogens with zero attached hydrogens (tertiary/aromatic N) is 1. The molecule has 2 rings (SSSR count). The maximum absolute atomic E-state index is 12.0. The van der Waals surface area contributed by atoms with Crippen LogP contribution in [-0.2, 0) is 0 Å². The second-order valence-corrected chi connectivity index (χ2v) is 5.60. The first-order valence-corrected chi connectivity index (χ1v) is 7.56. The third-order valence-corrected chi connectivity index (χ3v) is 4.20. The van der Waals surface area contributed by atoms with Crippen molar-refractivity contribution in [2.75, 3.05) is 6.67 Å². The van der Waals surface area contributed by atoms with E-state index in [1.54, 1.807) is 0 Å². The summed E-state index contributed by atoms with van der Waals surface area (Å²) in [4.78, 5) is 0. The Hall–Kier alpha value is -1.62. The molecule has 1 aliphatic carbocycles. The number of hydrogen-bond acceptors (Lipinski definition) is 1. The van der Waals surface area contributed by atoms with Crippen LogP contribution < -0.4 is 0 Å². The fourth-order valence-corrected chi connectivity index (χ4v) is 2.96. The van der Waals surface area contributed by atoms with Crippen LogP contribution in [0, 0.1) is 17.2 Å². The van der Waals surface area contributed by atoms with Crippen LogP contribution in [0.4, 0.5) is 4.39 Å². The number of halogens is 1. The second-order valence-electron chi connectivity index (χ2n) is 5.60. The number of allylic oxidation sites excluding steroid dienone is 2. The minimum atomic E-state index is -0.213. The van der Waals surface area contributed by atoms with Gasteiger partial charge in [0.25, 0.3) is 0 Å². The number of nitriles is 1. The van der Waals surface area contributed by atoms with Crippen molar-refractivity contribution in [1.82, 2.24) is 0 Å². The minimum absolute atomic E-state index is 0.213. The average Bonchev–Trinajstić information content (AvgIpc) is 2.52. The molecule has 1 aromatic rings. The first kappa shape index (κ1) is 14.8. The lowest BCUT2D eigenvalue weighted by molar-refractivity contribution is 0.375. The predicted molar refractivity (Wildman–Crippen MR) is 80.2 cm³/mol. The summed E-state index contributed by atoms with van der Waals surface area (Å²) in [5.41, 5.74) is 2.10. The Morgan fingerprint density at radius 2 is 1.85 bits per heavy atom. The summed E-state index contributed by atoms with van der Waals surface area (Å²) in [6, 6.07) is 10.2. The van der Waals surface area contributed by atoms with Crippen LogP contribution in [0.15, 0.2) is 36.4 Å². The van der Waals surface area contributed by atoms with Crippen molar-refractivity contribution in [1.29, 1.82) is 5.26 Å². The Kier molecular flexibility index (Phi) is 5.80. The molecule has 2 heteroatoms. The Labute approximate surface area is 121 Å². The fraction of sp³-hybridized carbons (Fsp3) is 0.500. The summed E-state index contributed by atoms with van der Waals surface area (Å²) in [5, 5.41) is 8.81. The van der Waals surface area contributed by atoms with Gasteiger partial charge < -0.3 is 0 Å². The van der Waals surface area contributed by atoms with Crippen molar-refractivity contribution in [3.05, 3.63) is 47.5 Å². The zero-order valence-electron chi connectivity index (χ0n) is 11.9. The molecule has 0 aliphatic heterocycles. The van der Waals surface area contributed by atoms with Crippen LogP contribution in [0.25, 0.3) is 0 Å². The average molecular weight is 271 g/mol. The summed E-state index contributed by atoms with van der Waals surface area (Å²) in [6.07, 6.45) is 10.8. The van der Waals surface area contributed by atoms with E-state index in [9.17, 15) is 4.39 Å². The predicted octanol–water partition coefficient (Wildman–Crippen LogP) is 5.14. The molecule has 0 radical (unpaired) electrons. The normalized spacial score (nSPS) is 22.8. The molecule has 1 aromatic carbocycles. The van der Waals surface area contributed by atoms with Gasteiger partial charge in [-0.2, -0.15) is 5.26 Å². The third kappa shape index (κ3) is 4.20. The summed E-state index contributed by atoms with van der Waals surface area (Å²) in [6.45, 7) is -0.213. The number of hydrogen-bond donors (Lipinski definition) is 0. The van der Waals surface area contributed by atoms with Gasteiger partial charge in [-0.1, -0.05) is 24.3 Å². The van der Waals surface area contributed by atoms with Crippen LogP contribution in [0.3, 0.4) is 0 Å². The Bertz CT molecular complexity index is 461. The summed E-state index contributed by atoms with van der Waals surface area (Å²) in [7, 11) is 0. The van der Waals surface area contributed by atoms with E-state index in [1.165, 1.54) is 31.2 Å². The molecular weight excluding hydrogens is 249 g/mol. The van der Waals surface area contributed by atoms with Gasteiger partial charge in [-0.15, -0.1) is 0 Å². The quantitative estimate of drug-likeness (QED) is 0.537. The van der Waals surface area contributed by atoms with Gasteiger partial charge in [-0.3, -0.25) is 4.39 Å². The van der Waals surface area contributed by atoms with Gasteiger partial charge in [0.05, 0.1) is 18.3 Å². The molecule has 0 unspecified atom stereocenters. The maximum atomic E-state index is 12.0. The summed E-state index contributed by atoms with van der Waals surface area (Å²) >= 11 is 0. The lowest BCUT2D eigenvalue weighted by atomic mass is 9.78. The molecule has 0 N–H and O–H groups in total. The van der Waals surface area contributed by atoms with Crippen LogP contribution >= 0.6 is 0 Å². The van der Waals surface area contributed by atoms with E-state index in [0.717, 1.165) is 12.0 Å². The van der Waals surface area contributed by atoms with Gasteiger partial charge in [-0.05, 0) is 68.1 Å². The first-order chi connectivity index (χ1) is 9.83. The smallest absolute Gasteiger partial charge is 0.0991 e. The highest BCUT2D eigenvalue weighted by Gasteiger charge is 2.20. The Morgan fingerprint density at radius 3 is 2.45 bits per heavy atom. The molecule has 20 heavy (non-hydrogen) atoms. The molecule has 0 atom stereocenters. The van der Waals surface area contributed by atoms with E-state index in [2.05, 4.69) is 30.4 Å². The molecule has 1 fully saturated rings. The number of benzene rings is 1. The molecule has 0 heterocycles. The van der Waals surface area contributed by atoms with Crippen molar-refractivity contribution >= 4 is 0 Å². The van der Waals surface area contributed by atoms with Crippen molar-refractivity contribution < 1.29 is 4.39 Å². The molecule has 0 saturated heterocycles. The monoisotopic (exact) mass is 271 g/mol. The fourth-order valence-electron chi connectivity index (χ4n) is 2.96. The molecule has 0 spiro atoms. The van der Waals surface area contributed by atoms with Gasteiger partial charge in [0.1, 0.15) is 0 Å². The zero-order chi connectivity index (χ0) is 14.2. The van der Waals surface area contributed by atoms with Crippen molar-refractivity contribution in [2.45, 2.75) is 44.4 Å². The van der Waals surface area contributed by atoms with Crippen molar-refractivity contribution in [2.24, 2.45) is 5.92 Å². The Balaban J connectivity index is 1.81. The molecular formula is C18H22FN. The highest BCUT2D eigenvalue weighted by Crippen LogP contribution is 2.36. The van der Waals surface area contributed by atoms with Gasteiger partial charge in [0.2, 0.25) is 0 Å². The van der Waals surface area contributed by atoms with Crippen LogP contribution in [0.1, 0.15) is 55.6 Å². The first-order valence-electron chi connectivity index (χ1n) is 7.56. The van der Waals surface area contributed by atoms with Crippen molar-refractivity contribution in [3.63, 3.8) is 0 Å². The zero-order valence-corrected chi connectivity index (χ0v) is 11.9. The summed E-state index contributed by atoms with van der Waals surface area (Å²) < 4.78 is 12.0. The molecule has 1 saturated carbocycles. The van der Waals surface area contributed by atoms with Crippen molar-refractivity contribution in [3.8, 4) is 6.07 Å².